The van der Waals surface area contributed by atoms with Crippen molar-refractivity contribution in [2.45, 2.75) is 13.5 Å². The predicted molar refractivity (Wildman–Crippen MR) is 99.3 cm³/mol. The zero-order chi connectivity index (χ0) is 17.6. The van der Waals surface area contributed by atoms with Crippen LogP contribution in [0.1, 0.15) is 12.5 Å². The largest absolute Gasteiger partial charge is 1.00 e. The Morgan fingerprint density at radius 3 is 2.62 bits per heavy atom. The lowest BCUT2D eigenvalue weighted by Crippen LogP contribution is -3.00. The maximum atomic E-state index is 11.4. The van der Waals surface area contributed by atoms with E-state index in [1.54, 1.807) is 13.0 Å². The van der Waals surface area contributed by atoms with Crippen LogP contribution >= 0.6 is 0 Å². The first-order valence-electron chi connectivity index (χ1n) is 8.13. The third-order valence-electron chi connectivity index (χ3n) is 3.79. The molecule has 0 saturated heterocycles. The topological polar surface area (TPSA) is 90.5 Å². The molecule has 1 aromatic heterocycles. The van der Waals surface area contributed by atoms with Gasteiger partial charge in [-0.15, -0.1) is 0 Å². The van der Waals surface area contributed by atoms with Crippen LogP contribution in [0, 0.1) is 0 Å². The second-order valence-corrected chi connectivity index (χ2v) is 5.58. The van der Waals surface area contributed by atoms with Gasteiger partial charge in [0.05, 0.1) is 13.2 Å². The van der Waals surface area contributed by atoms with E-state index in [9.17, 15) is 4.79 Å². The number of benzene rings is 2. The van der Waals surface area contributed by atoms with Crippen molar-refractivity contribution in [1.29, 1.82) is 0 Å². The van der Waals surface area contributed by atoms with Crippen molar-refractivity contribution in [2.24, 2.45) is 0 Å². The minimum absolute atomic E-state index is 0. The Morgan fingerprint density at radius 2 is 1.88 bits per heavy atom. The third-order valence-corrected chi connectivity index (χ3v) is 3.79. The van der Waals surface area contributed by atoms with Crippen LogP contribution in [0.15, 0.2) is 54.6 Å². The fourth-order valence-corrected chi connectivity index (χ4v) is 2.55. The first-order chi connectivity index (χ1) is 12.2. The lowest BCUT2D eigenvalue weighted by atomic mass is 10.1. The zero-order valence-corrected chi connectivity index (χ0v) is 15.1. The van der Waals surface area contributed by atoms with Crippen molar-refractivity contribution in [1.82, 2.24) is 0 Å². The molecule has 3 rings (SSSR count). The first kappa shape index (κ1) is 19.3. The molecule has 2 aromatic carbocycles. The summed E-state index contributed by atoms with van der Waals surface area (Å²) in [6.07, 6.45) is -0.528. The van der Waals surface area contributed by atoms with Gasteiger partial charge in [-0.3, -0.25) is 5.32 Å². The summed E-state index contributed by atoms with van der Waals surface area (Å²) in [5.74, 6) is 1.12. The monoisotopic (exact) mass is 372 g/mol. The number of aromatic amines is 1. The summed E-state index contributed by atoms with van der Waals surface area (Å²) in [5.41, 5.74) is 7.59. The fourth-order valence-electron chi connectivity index (χ4n) is 2.55. The van der Waals surface area contributed by atoms with Crippen molar-refractivity contribution in [2.75, 3.05) is 23.0 Å². The van der Waals surface area contributed by atoms with Gasteiger partial charge in [-0.05, 0) is 35.4 Å². The summed E-state index contributed by atoms with van der Waals surface area (Å²) < 4.78 is 4.84. The third kappa shape index (κ3) is 4.77. The molecule has 0 fully saturated rings. The molecule has 0 spiro atoms. The Balaban J connectivity index is 0.00000243. The highest BCUT2D eigenvalue weighted by molar-refractivity contribution is 5.87. The number of fused-ring (bicyclic) bond motifs is 1. The van der Waals surface area contributed by atoms with Crippen molar-refractivity contribution in [3.8, 4) is 0 Å². The molecule has 3 aromatic rings. The van der Waals surface area contributed by atoms with Crippen LogP contribution in [-0.2, 0) is 11.3 Å². The number of amides is 1. The minimum Gasteiger partial charge on any atom is -1.00 e. The average molecular weight is 373 g/mol. The summed E-state index contributed by atoms with van der Waals surface area (Å²) in [6, 6.07) is 18.2. The second kappa shape index (κ2) is 8.92. The van der Waals surface area contributed by atoms with E-state index in [0.29, 0.717) is 24.7 Å². The molecule has 5 N–H and O–H groups in total. The van der Waals surface area contributed by atoms with Gasteiger partial charge in [0.15, 0.2) is 0 Å². The molecule has 0 unspecified atom stereocenters. The maximum Gasteiger partial charge on any atom is 0.411 e. The summed E-state index contributed by atoms with van der Waals surface area (Å²) in [7, 11) is 0. The standard InChI is InChI=1S/C19H20N4O2.ClH/c1-2-25-19(24)22-16-9-10-17(23-18(16)20)21-12-13-7-8-14-5-3-4-6-15(14)11-13;/h3-11H,2,12H2,1H3,(H,22,24)(H3,20,21,23);1H. The number of halogens is 1. The molecule has 0 radical (unpaired) electrons. The van der Waals surface area contributed by atoms with Crippen LogP contribution in [0.2, 0.25) is 0 Å². The molecule has 0 aliphatic heterocycles. The van der Waals surface area contributed by atoms with Crippen molar-refractivity contribution in [3.05, 3.63) is 60.2 Å². The summed E-state index contributed by atoms with van der Waals surface area (Å²) >= 11 is 0. The molecule has 7 heteroatoms. The van der Waals surface area contributed by atoms with E-state index >= 15 is 0 Å². The van der Waals surface area contributed by atoms with Crippen LogP contribution in [0.5, 0.6) is 0 Å². The molecular formula is C19H21ClN4O2. The number of hydrogen-bond donors (Lipinski definition) is 3. The lowest BCUT2D eigenvalue weighted by molar-refractivity contribution is -0.342. The number of nitrogens with one attached hydrogen (secondary N) is 3. The van der Waals surface area contributed by atoms with Crippen molar-refractivity contribution in [3.63, 3.8) is 0 Å². The van der Waals surface area contributed by atoms with Gasteiger partial charge in [-0.25, -0.2) is 9.78 Å². The molecule has 1 heterocycles. The zero-order valence-electron chi connectivity index (χ0n) is 14.4. The number of pyridine rings is 1. The highest BCUT2D eigenvalue weighted by Gasteiger charge is 2.10. The van der Waals surface area contributed by atoms with Crippen molar-refractivity contribution >= 4 is 34.2 Å². The molecule has 0 bridgehead atoms. The van der Waals surface area contributed by atoms with Gasteiger partial charge in [0.25, 0.3) is 0 Å². The lowest BCUT2D eigenvalue weighted by Gasteiger charge is -2.08. The molecular weight excluding hydrogens is 352 g/mol. The average Bonchev–Trinajstić information content (AvgIpc) is 2.62. The van der Waals surface area contributed by atoms with Gasteiger partial charge in [-0.1, -0.05) is 36.4 Å². The SMILES string of the molecule is CCOC(=O)Nc1ccc(NCc2ccc3ccccc3c2)[nH+]c1N.[Cl-]. The Hall–Kier alpha value is -2.99. The number of ether oxygens (including phenoxy) is 1. The number of nitrogens with two attached hydrogens (primary N) is 1. The van der Waals surface area contributed by atoms with Gasteiger partial charge >= 0.3 is 6.09 Å². The molecule has 0 atom stereocenters. The van der Waals surface area contributed by atoms with Gasteiger partial charge in [0, 0.05) is 6.07 Å². The second-order valence-electron chi connectivity index (χ2n) is 5.58. The number of carbonyl (C=O) groups excluding carboxylic acids is 1. The maximum absolute atomic E-state index is 11.4. The number of rotatable bonds is 5. The van der Waals surface area contributed by atoms with Gasteiger partial charge in [-0.2, -0.15) is 0 Å². The summed E-state index contributed by atoms with van der Waals surface area (Å²) in [5, 5.41) is 8.31. The van der Waals surface area contributed by atoms with Crippen molar-refractivity contribution < 1.29 is 26.9 Å². The molecule has 0 saturated carbocycles. The van der Waals surface area contributed by atoms with Gasteiger partial charge in [0.1, 0.15) is 5.69 Å². The van der Waals surface area contributed by atoms with Crippen LogP contribution in [0.4, 0.5) is 22.1 Å². The van der Waals surface area contributed by atoms with E-state index in [4.69, 9.17) is 10.5 Å². The highest BCUT2D eigenvalue weighted by Crippen LogP contribution is 2.18. The minimum atomic E-state index is -0.528. The number of nitrogen functional groups attached to an aromatic ring is 1. The number of H-pyrrole nitrogens is 1. The smallest absolute Gasteiger partial charge is 0.411 e. The number of aromatic nitrogens is 1. The number of carbonyl (C=O) groups is 1. The van der Waals surface area contributed by atoms with E-state index in [1.165, 1.54) is 16.3 Å². The van der Waals surface area contributed by atoms with Crippen LogP contribution in [-0.4, -0.2) is 12.7 Å². The normalized spacial score (nSPS) is 10.0. The summed E-state index contributed by atoms with van der Waals surface area (Å²) in [6.45, 7) is 2.71. The molecule has 136 valence electrons. The van der Waals surface area contributed by atoms with E-state index < -0.39 is 6.09 Å². The Labute approximate surface area is 158 Å². The van der Waals surface area contributed by atoms with Gasteiger partial charge in [0.2, 0.25) is 11.6 Å². The van der Waals surface area contributed by atoms with Crippen LogP contribution in [0.3, 0.4) is 0 Å². The van der Waals surface area contributed by atoms with E-state index in [-0.39, 0.29) is 12.4 Å². The molecule has 6 nitrogen and oxygen atoms in total. The number of anilines is 3. The molecule has 0 aliphatic carbocycles. The van der Waals surface area contributed by atoms with E-state index in [0.717, 1.165) is 5.82 Å². The van der Waals surface area contributed by atoms with E-state index in [2.05, 4.69) is 45.9 Å². The quantitative estimate of drug-likeness (QED) is 0.605. The van der Waals surface area contributed by atoms with Crippen LogP contribution < -0.4 is 33.8 Å². The predicted octanol–water partition coefficient (Wildman–Crippen LogP) is 0.421. The Kier molecular flexibility index (Phi) is 6.63. The van der Waals surface area contributed by atoms with Crippen LogP contribution in [0.25, 0.3) is 10.8 Å². The molecule has 26 heavy (non-hydrogen) atoms. The van der Waals surface area contributed by atoms with E-state index in [1.807, 2.05) is 18.2 Å². The molecule has 0 aliphatic rings. The molecule has 1 amide bonds. The van der Waals surface area contributed by atoms with Gasteiger partial charge < -0.3 is 28.2 Å². The Bertz CT molecular complexity index is 902. The number of hydrogen-bond acceptors (Lipinski definition) is 4. The Morgan fingerprint density at radius 1 is 1.12 bits per heavy atom. The summed E-state index contributed by atoms with van der Waals surface area (Å²) in [4.78, 5) is 14.5. The highest BCUT2D eigenvalue weighted by atomic mass is 35.5. The first-order valence-corrected chi connectivity index (χ1v) is 8.13. The fraction of sp³-hybridized carbons (Fsp3) is 0.158.